The van der Waals surface area contributed by atoms with Gasteiger partial charge in [-0.15, -0.1) is 0 Å². The highest BCUT2D eigenvalue weighted by molar-refractivity contribution is 5.92. The van der Waals surface area contributed by atoms with E-state index in [1.165, 1.54) is 66.8 Å². The SMILES string of the molecule is Cc1ccc2c(c1C)Cc1ccc(-c3cccc4c3-c3ccccc3C4)cc1-2. The molecule has 0 heterocycles. The van der Waals surface area contributed by atoms with Crippen LogP contribution in [0.1, 0.15) is 33.4 Å². The standard InChI is InChI=1S/C28H22/c1-17-10-13-25-26(18(17)2)15-21-12-11-20(16-27(21)25)24-9-5-7-22-14-19-6-3-4-8-23(19)28(22)24/h3-13,16H,14-15H2,1-2H3. The molecule has 0 spiro atoms. The van der Waals surface area contributed by atoms with Crippen molar-refractivity contribution in [3.05, 3.63) is 106 Å². The van der Waals surface area contributed by atoms with Gasteiger partial charge < -0.3 is 0 Å². The summed E-state index contributed by atoms with van der Waals surface area (Å²) < 4.78 is 0. The summed E-state index contributed by atoms with van der Waals surface area (Å²) in [6.45, 7) is 4.48. The summed E-state index contributed by atoms with van der Waals surface area (Å²) in [5, 5.41) is 0. The summed E-state index contributed by atoms with van der Waals surface area (Å²) in [5.74, 6) is 0. The first-order valence-corrected chi connectivity index (χ1v) is 10.1. The van der Waals surface area contributed by atoms with Crippen LogP contribution in [0.4, 0.5) is 0 Å². The minimum atomic E-state index is 1.05. The predicted octanol–water partition coefficient (Wildman–Crippen LogP) is 7.11. The van der Waals surface area contributed by atoms with E-state index >= 15 is 0 Å². The van der Waals surface area contributed by atoms with Gasteiger partial charge in [0.1, 0.15) is 0 Å². The summed E-state index contributed by atoms with van der Waals surface area (Å²) in [7, 11) is 0. The number of aryl methyl sites for hydroxylation is 1. The summed E-state index contributed by atoms with van der Waals surface area (Å²) in [6, 6.07) is 27.3. The first-order chi connectivity index (χ1) is 13.7. The van der Waals surface area contributed by atoms with E-state index in [1.807, 2.05) is 0 Å². The maximum Gasteiger partial charge on any atom is -0.00107 e. The van der Waals surface area contributed by atoms with Crippen LogP contribution in [0, 0.1) is 13.8 Å². The topological polar surface area (TPSA) is 0 Å². The molecule has 6 rings (SSSR count). The Morgan fingerprint density at radius 1 is 0.571 bits per heavy atom. The molecule has 0 amide bonds. The highest BCUT2D eigenvalue weighted by Gasteiger charge is 2.24. The van der Waals surface area contributed by atoms with Crippen molar-refractivity contribution < 1.29 is 0 Å². The molecule has 134 valence electrons. The van der Waals surface area contributed by atoms with Gasteiger partial charge in [0.15, 0.2) is 0 Å². The van der Waals surface area contributed by atoms with Crippen molar-refractivity contribution in [1.82, 2.24) is 0 Å². The molecule has 4 aromatic rings. The number of hydrogen-bond acceptors (Lipinski definition) is 0. The molecule has 0 bridgehead atoms. The minimum Gasteiger partial charge on any atom is -0.0619 e. The Hall–Kier alpha value is -3.12. The second kappa shape index (κ2) is 5.69. The van der Waals surface area contributed by atoms with E-state index in [4.69, 9.17) is 0 Å². The monoisotopic (exact) mass is 358 g/mol. The van der Waals surface area contributed by atoms with Crippen LogP contribution in [-0.4, -0.2) is 0 Å². The minimum absolute atomic E-state index is 1.05. The van der Waals surface area contributed by atoms with Gasteiger partial charge >= 0.3 is 0 Å². The third kappa shape index (κ3) is 2.12. The second-order valence-electron chi connectivity index (χ2n) is 8.26. The lowest BCUT2D eigenvalue weighted by molar-refractivity contribution is 1.19. The van der Waals surface area contributed by atoms with Crippen LogP contribution in [0.15, 0.2) is 72.8 Å². The van der Waals surface area contributed by atoms with Gasteiger partial charge in [-0.1, -0.05) is 66.7 Å². The third-order valence-electron chi connectivity index (χ3n) is 6.77. The van der Waals surface area contributed by atoms with Gasteiger partial charge in [0.05, 0.1) is 0 Å². The molecule has 0 saturated heterocycles. The van der Waals surface area contributed by atoms with Gasteiger partial charge in [-0.3, -0.25) is 0 Å². The van der Waals surface area contributed by atoms with Gasteiger partial charge in [0.2, 0.25) is 0 Å². The molecule has 2 aliphatic rings. The molecule has 2 aliphatic carbocycles. The van der Waals surface area contributed by atoms with Crippen LogP contribution in [0.25, 0.3) is 33.4 Å². The molecule has 4 aromatic carbocycles. The van der Waals surface area contributed by atoms with E-state index in [0.717, 1.165) is 12.8 Å². The first kappa shape index (κ1) is 15.9. The Bertz CT molecular complexity index is 1270. The molecule has 0 atom stereocenters. The third-order valence-corrected chi connectivity index (χ3v) is 6.77. The van der Waals surface area contributed by atoms with Crippen LogP contribution in [0.5, 0.6) is 0 Å². The van der Waals surface area contributed by atoms with Crippen molar-refractivity contribution in [2.24, 2.45) is 0 Å². The van der Waals surface area contributed by atoms with Gasteiger partial charge in [-0.2, -0.15) is 0 Å². The zero-order valence-electron chi connectivity index (χ0n) is 16.3. The molecular formula is C28H22. The van der Waals surface area contributed by atoms with E-state index < -0.39 is 0 Å². The number of hydrogen-bond donors (Lipinski definition) is 0. The molecule has 0 unspecified atom stereocenters. The summed E-state index contributed by atoms with van der Waals surface area (Å²) >= 11 is 0. The average molecular weight is 358 g/mol. The van der Waals surface area contributed by atoms with E-state index in [-0.39, 0.29) is 0 Å². The maximum absolute atomic E-state index is 2.42. The normalized spacial score (nSPS) is 13.1. The Kier molecular flexibility index (Phi) is 3.23. The molecule has 0 saturated carbocycles. The maximum atomic E-state index is 2.42. The lowest BCUT2D eigenvalue weighted by atomic mass is 9.92. The van der Waals surface area contributed by atoms with Gasteiger partial charge in [0, 0.05) is 0 Å². The molecule has 0 radical (unpaired) electrons. The van der Waals surface area contributed by atoms with E-state index in [0.29, 0.717) is 0 Å². The lowest BCUT2D eigenvalue weighted by Crippen LogP contribution is -1.89. The van der Waals surface area contributed by atoms with Crippen LogP contribution in [0.2, 0.25) is 0 Å². The summed E-state index contributed by atoms with van der Waals surface area (Å²) in [6.07, 6.45) is 2.11. The van der Waals surface area contributed by atoms with E-state index in [1.54, 1.807) is 0 Å². The summed E-state index contributed by atoms with van der Waals surface area (Å²) in [4.78, 5) is 0. The van der Waals surface area contributed by atoms with Crippen molar-refractivity contribution in [1.29, 1.82) is 0 Å². The fourth-order valence-corrected chi connectivity index (χ4v) is 5.12. The molecular weight excluding hydrogens is 336 g/mol. The quantitative estimate of drug-likeness (QED) is 0.294. The van der Waals surface area contributed by atoms with Crippen LogP contribution in [0.3, 0.4) is 0 Å². The highest BCUT2D eigenvalue weighted by Crippen LogP contribution is 2.45. The molecule has 28 heavy (non-hydrogen) atoms. The smallest absolute Gasteiger partial charge is 0.00107 e. The molecule has 0 aliphatic heterocycles. The summed E-state index contributed by atoms with van der Waals surface area (Å²) in [5.41, 5.74) is 17.1. The van der Waals surface area contributed by atoms with Crippen molar-refractivity contribution in [3.63, 3.8) is 0 Å². The molecule has 0 heteroatoms. The van der Waals surface area contributed by atoms with Crippen LogP contribution < -0.4 is 0 Å². The molecule has 0 N–H and O–H groups in total. The van der Waals surface area contributed by atoms with Crippen molar-refractivity contribution in [2.75, 3.05) is 0 Å². The van der Waals surface area contributed by atoms with Gasteiger partial charge in [-0.25, -0.2) is 0 Å². The van der Waals surface area contributed by atoms with Gasteiger partial charge in [0.25, 0.3) is 0 Å². The second-order valence-corrected chi connectivity index (χ2v) is 8.26. The predicted molar refractivity (Wildman–Crippen MR) is 118 cm³/mol. The number of fused-ring (bicyclic) bond motifs is 6. The lowest BCUT2D eigenvalue weighted by Gasteiger charge is -2.12. The largest absolute Gasteiger partial charge is 0.0619 e. The van der Waals surface area contributed by atoms with E-state index in [9.17, 15) is 0 Å². The number of benzene rings is 4. The Balaban J connectivity index is 1.55. The van der Waals surface area contributed by atoms with Crippen LogP contribution >= 0.6 is 0 Å². The van der Waals surface area contributed by atoms with Crippen molar-refractivity contribution in [2.45, 2.75) is 26.7 Å². The zero-order valence-corrected chi connectivity index (χ0v) is 16.3. The number of rotatable bonds is 1. The molecule has 0 fully saturated rings. The fourth-order valence-electron chi connectivity index (χ4n) is 5.12. The Morgan fingerprint density at radius 3 is 2.29 bits per heavy atom. The first-order valence-electron chi connectivity index (χ1n) is 10.1. The Labute approximate surface area is 166 Å². The molecule has 0 aromatic heterocycles. The van der Waals surface area contributed by atoms with Crippen molar-refractivity contribution in [3.8, 4) is 33.4 Å². The molecule has 0 nitrogen and oxygen atoms in total. The zero-order chi connectivity index (χ0) is 18.8. The van der Waals surface area contributed by atoms with Crippen LogP contribution in [-0.2, 0) is 12.8 Å². The van der Waals surface area contributed by atoms with Gasteiger partial charge in [-0.05, 0) is 99.5 Å². The van der Waals surface area contributed by atoms with Crippen molar-refractivity contribution >= 4 is 0 Å². The van der Waals surface area contributed by atoms with E-state index in [2.05, 4.69) is 86.6 Å². The Morgan fingerprint density at radius 2 is 1.36 bits per heavy atom. The highest BCUT2D eigenvalue weighted by atomic mass is 14.3. The average Bonchev–Trinajstić information content (AvgIpc) is 3.29. The fraction of sp³-hybridized carbons (Fsp3) is 0.143.